The summed E-state index contributed by atoms with van der Waals surface area (Å²) in [6, 6.07) is 4.89. The first-order valence-corrected chi connectivity index (χ1v) is 7.75. The van der Waals surface area contributed by atoms with E-state index in [0.29, 0.717) is 6.04 Å². The monoisotopic (exact) mass is 309 g/mol. The Hall–Kier alpha value is -0.540. The molecule has 2 aliphatic rings. The molecule has 1 saturated carbocycles. The predicted octanol–water partition coefficient (Wildman–Crippen LogP) is 3.83. The van der Waals surface area contributed by atoms with Crippen LogP contribution < -0.4 is 10.1 Å². The molecule has 1 fully saturated rings. The molecule has 0 amide bonds. The lowest BCUT2D eigenvalue weighted by Gasteiger charge is -2.21. The molecule has 1 aliphatic carbocycles. The van der Waals surface area contributed by atoms with Crippen LogP contribution >= 0.6 is 15.9 Å². The van der Waals surface area contributed by atoms with Crippen molar-refractivity contribution in [3.05, 3.63) is 27.7 Å². The fourth-order valence-corrected chi connectivity index (χ4v) is 3.33. The third kappa shape index (κ3) is 2.57. The van der Waals surface area contributed by atoms with Crippen molar-refractivity contribution in [2.24, 2.45) is 5.92 Å². The maximum Gasteiger partial charge on any atom is 0.127 e. The van der Waals surface area contributed by atoms with E-state index in [4.69, 9.17) is 4.74 Å². The van der Waals surface area contributed by atoms with Crippen LogP contribution in [0.25, 0.3) is 0 Å². The van der Waals surface area contributed by atoms with Gasteiger partial charge in [0, 0.05) is 22.5 Å². The summed E-state index contributed by atoms with van der Waals surface area (Å²) >= 11 is 3.63. The number of hydrogen-bond donors (Lipinski definition) is 1. The highest BCUT2D eigenvalue weighted by molar-refractivity contribution is 9.10. The number of hydrogen-bond acceptors (Lipinski definition) is 2. The summed E-state index contributed by atoms with van der Waals surface area (Å²) in [5, 5.41) is 3.63. The molecule has 1 N–H and O–H groups in total. The van der Waals surface area contributed by atoms with Crippen molar-refractivity contribution in [1.82, 2.24) is 5.32 Å². The molecule has 1 unspecified atom stereocenters. The van der Waals surface area contributed by atoms with Gasteiger partial charge in [-0.05, 0) is 36.6 Å². The Balaban J connectivity index is 1.91. The van der Waals surface area contributed by atoms with Crippen LogP contribution in [-0.2, 0) is 6.42 Å². The highest BCUT2D eigenvalue weighted by Crippen LogP contribution is 2.42. The van der Waals surface area contributed by atoms with Crippen LogP contribution in [0.4, 0.5) is 0 Å². The van der Waals surface area contributed by atoms with E-state index in [1.54, 1.807) is 0 Å². The minimum Gasteiger partial charge on any atom is -0.493 e. The van der Waals surface area contributed by atoms with E-state index in [0.717, 1.165) is 31.2 Å². The topological polar surface area (TPSA) is 21.3 Å². The molecule has 0 saturated heterocycles. The van der Waals surface area contributed by atoms with Crippen LogP contribution in [-0.4, -0.2) is 13.2 Å². The zero-order valence-electron chi connectivity index (χ0n) is 10.8. The molecule has 1 atom stereocenters. The molecule has 18 heavy (non-hydrogen) atoms. The SMILES string of the molecule is CCNC(CC1CC1)c1cc(Br)cc2c1OCC2. The number of nitrogens with one attached hydrogen (secondary N) is 1. The van der Waals surface area contributed by atoms with Gasteiger partial charge >= 0.3 is 0 Å². The quantitative estimate of drug-likeness (QED) is 0.892. The lowest BCUT2D eigenvalue weighted by Crippen LogP contribution is -2.22. The zero-order chi connectivity index (χ0) is 12.5. The smallest absolute Gasteiger partial charge is 0.127 e. The highest BCUT2D eigenvalue weighted by atomic mass is 79.9. The van der Waals surface area contributed by atoms with Gasteiger partial charge in [-0.3, -0.25) is 0 Å². The molecular formula is C15H20BrNO. The summed E-state index contributed by atoms with van der Waals surface area (Å²) in [6.07, 6.45) is 5.10. The molecule has 1 aliphatic heterocycles. The van der Waals surface area contributed by atoms with E-state index in [9.17, 15) is 0 Å². The average molecular weight is 310 g/mol. The fraction of sp³-hybridized carbons (Fsp3) is 0.600. The number of benzene rings is 1. The Kier molecular flexibility index (Phi) is 3.62. The van der Waals surface area contributed by atoms with Gasteiger partial charge in [-0.15, -0.1) is 0 Å². The minimum absolute atomic E-state index is 0.451. The maximum atomic E-state index is 5.85. The summed E-state index contributed by atoms with van der Waals surface area (Å²) in [5.74, 6) is 2.06. The lowest BCUT2D eigenvalue weighted by atomic mass is 9.97. The van der Waals surface area contributed by atoms with Crippen molar-refractivity contribution in [1.29, 1.82) is 0 Å². The summed E-state index contributed by atoms with van der Waals surface area (Å²) in [7, 11) is 0. The van der Waals surface area contributed by atoms with Crippen molar-refractivity contribution >= 4 is 15.9 Å². The maximum absolute atomic E-state index is 5.85. The standard InChI is InChI=1S/C15H20BrNO/c1-2-17-14(7-10-3-4-10)13-9-12(16)8-11-5-6-18-15(11)13/h8-10,14,17H,2-7H2,1H3. The molecule has 0 radical (unpaired) electrons. The number of ether oxygens (including phenoxy) is 1. The zero-order valence-corrected chi connectivity index (χ0v) is 12.4. The second kappa shape index (κ2) is 5.22. The molecule has 1 aromatic carbocycles. The summed E-state index contributed by atoms with van der Waals surface area (Å²) < 4.78 is 7.03. The molecule has 2 nitrogen and oxygen atoms in total. The van der Waals surface area contributed by atoms with Crippen molar-refractivity contribution in [2.75, 3.05) is 13.2 Å². The normalized spacial score (nSPS) is 19.4. The van der Waals surface area contributed by atoms with Crippen molar-refractivity contribution in [3.8, 4) is 5.75 Å². The first kappa shape index (κ1) is 12.5. The third-order valence-corrected chi connectivity index (χ3v) is 4.33. The van der Waals surface area contributed by atoms with Gasteiger partial charge in [-0.1, -0.05) is 35.7 Å². The van der Waals surface area contributed by atoms with E-state index >= 15 is 0 Å². The summed E-state index contributed by atoms with van der Waals surface area (Å²) in [5.41, 5.74) is 2.71. The van der Waals surface area contributed by atoms with Gasteiger partial charge in [0.05, 0.1) is 6.61 Å². The van der Waals surface area contributed by atoms with E-state index in [2.05, 4.69) is 40.3 Å². The van der Waals surface area contributed by atoms with E-state index in [-0.39, 0.29) is 0 Å². The second-order valence-corrected chi connectivity index (χ2v) is 6.29. The number of fused-ring (bicyclic) bond motifs is 1. The Morgan fingerprint density at radius 1 is 1.44 bits per heavy atom. The Bertz CT molecular complexity index is 442. The molecule has 3 heteroatoms. The van der Waals surface area contributed by atoms with Crippen LogP contribution in [0.2, 0.25) is 0 Å². The van der Waals surface area contributed by atoms with Crippen LogP contribution in [0.1, 0.15) is 43.4 Å². The van der Waals surface area contributed by atoms with Gasteiger partial charge in [-0.25, -0.2) is 0 Å². The van der Waals surface area contributed by atoms with Gasteiger partial charge in [0.15, 0.2) is 0 Å². The largest absolute Gasteiger partial charge is 0.493 e. The Morgan fingerprint density at radius 3 is 3.00 bits per heavy atom. The summed E-state index contributed by atoms with van der Waals surface area (Å²) in [4.78, 5) is 0. The molecule has 98 valence electrons. The Morgan fingerprint density at radius 2 is 2.28 bits per heavy atom. The predicted molar refractivity (Wildman–Crippen MR) is 77.1 cm³/mol. The van der Waals surface area contributed by atoms with Gasteiger partial charge in [0.1, 0.15) is 5.75 Å². The first-order chi connectivity index (χ1) is 8.78. The van der Waals surface area contributed by atoms with Gasteiger partial charge < -0.3 is 10.1 Å². The van der Waals surface area contributed by atoms with Gasteiger partial charge in [-0.2, -0.15) is 0 Å². The number of rotatable bonds is 5. The van der Waals surface area contributed by atoms with Gasteiger partial charge in [0.25, 0.3) is 0 Å². The third-order valence-electron chi connectivity index (χ3n) is 3.87. The van der Waals surface area contributed by atoms with E-state index < -0.39 is 0 Å². The van der Waals surface area contributed by atoms with Crippen LogP contribution in [0.3, 0.4) is 0 Å². The molecule has 3 rings (SSSR count). The van der Waals surface area contributed by atoms with Crippen molar-refractivity contribution in [3.63, 3.8) is 0 Å². The van der Waals surface area contributed by atoms with Crippen LogP contribution in [0, 0.1) is 5.92 Å². The van der Waals surface area contributed by atoms with Crippen LogP contribution in [0.5, 0.6) is 5.75 Å². The summed E-state index contributed by atoms with van der Waals surface area (Å²) in [6.45, 7) is 4.03. The van der Waals surface area contributed by atoms with Crippen molar-refractivity contribution < 1.29 is 4.74 Å². The van der Waals surface area contributed by atoms with Gasteiger partial charge in [0.2, 0.25) is 0 Å². The highest BCUT2D eigenvalue weighted by Gasteiger charge is 2.29. The minimum atomic E-state index is 0.451. The molecule has 0 aromatic heterocycles. The molecular weight excluding hydrogens is 290 g/mol. The molecule has 0 bridgehead atoms. The first-order valence-electron chi connectivity index (χ1n) is 6.96. The Labute approximate surface area is 117 Å². The average Bonchev–Trinajstić information content (AvgIpc) is 3.03. The lowest BCUT2D eigenvalue weighted by molar-refractivity contribution is 0.346. The van der Waals surface area contributed by atoms with Crippen molar-refractivity contribution in [2.45, 2.75) is 38.6 Å². The van der Waals surface area contributed by atoms with Crippen LogP contribution in [0.15, 0.2) is 16.6 Å². The molecule has 0 spiro atoms. The molecule has 1 aromatic rings. The second-order valence-electron chi connectivity index (χ2n) is 5.37. The number of halogens is 1. The fourth-order valence-electron chi connectivity index (χ4n) is 2.81. The van der Waals surface area contributed by atoms with E-state index in [1.165, 1.54) is 34.9 Å². The molecule has 1 heterocycles. The van der Waals surface area contributed by atoms with E-state index in [1.807, 2.05) is 0 Å².